The molecule has 0 spiro atoms. The molecule has 3 aromatic rings. The van der Waals surface area contributed by atoms with Crippen LogP contribution < -0.4 is 16.0 Å². The summed E-state index contributed by atoms with van der Waals surface area (Å²) in [6.07, 6.45) is 4.57. The fourth-order valence-corrected chi connectivity index (χ4v) is 5.46. The number of aromatic nitrogens is 3. The van der Waals surface area contributed by atoms with Crippen molar-refractivity contribution in [3.63, 3.8) is 0 Å². The monoisotopic (exact) mass is 418 g/mol. The van der Waals surface area contributed by atoms with Crippen LogP contribution in [0.5, 0.6) is 0 Å². The van der Waals surface area contributed by atoms with Crippen molar-refractivity contribution in [1.82, 2.24) is 14.6 Å². The minimum absolute atomic E-state index is 0.313. The van der Waals surface area contributed by atoms with Gasteiger partial charge in [-0.05, 0) is 66.8 Å². The van der Waals surface area contributed by atoms with Crippen LogP contribution in [-0.2, 0) is 5.41 Å². The van der Waals surface area contributed by atoms with Crippen LogP contribution in [0.4, 0.5) is 23.1 Å². The molecule has 1 aliphatic heterocycles. The maximum Gasteiger partial charge on any atom is 0.247 e. The van der Waals surface area contributed by atoms with Crippen molar-refractivity contribution in [2.24, 2.45) is 11.3 Å². The van der Waals surface area contributed by atoms with Crippen molar-refractivity contribution >= 4 is 28.8 Å². The van der Waals surface area contributed by atoms with Crippen LogP contribution in [0.15, 0.2) is 36.4 Å². The van der Waals surface area contributed by atoms with Crippen LogP contribution in [0, 0.1) is 11.3 Å². The first-order valence-corrected chi connectivity index (χ1v) is 11.3. The van der Waals surface area contributed by atoms with Crippen molar-refractivity contribution in [1.29, 1.82) is 0 Å². The van der Waals surface area contributed by atoms with E-state index in [1.165, 1.54) is 25.7 Å². The van der Waals surface area contributed by atoms with Crippen molar-refractivity contribution in [3.05, 3.63) is 42.0 Å². The second-order valence-corrected chi connectivity index (χ2v) is 10.4. The third-order valence-corrected chi connectivity index (χ3v) is 7.83. The Morgan fingerprint density at radius 2 is 2.06 bits per heavy atom. The second-order valence-electron chi connectivity index (χ2n) is 10.4. The number of aliphatic hydroxyl groups is 1. The highest BCUT2D eigenvalue weighted by molar-refractivity contribution is 5.69. The summed E-state index contributed by atoms with van der Waals surface area (Å²) in [6, 6.07) is 12.7. The maximum atomic E-state index is 10.3. The van der Waals surface area contributed by atoms with Gasteiger partial charge in [-0.2, -0.15) is 9.50 Å². The van der Waals surface area contributed by atoms with E-state index in [2.05, 4.69) is 40.0 Å². The highest BCUT2D eigenvalue weighted by Gasteiger charge is 2.52. The maximum absolute atomic E-state index is 10.3. The number of hydrogen-bond acceptors (Lipinski definition) is 6. The first-order chi connectivity index (χ1) is 14.8. The fourth-order valence-electron chi connectivity index (χ4n) is 5.46. The zero-order valence-electron chi connectivity index (χ0n) is 18.3. The average Bonchev–Trinajstić information content (AvgIpc) is 3.12. The van der Waals surface area contributed by atoms with E-state index in [-0.39, 0.29) is 5.41 Å². The Morgan fingerprint density at radius 1 is 1.19 bits per heavy atom. The third-order valence-electron chi connectivity index (χ3n) is 7.83. The van der Waals surface area contributed by atoms with E-state index in [0.29, 0.717) is 17.4 Å². The number of hydrogen-bond donors (Lipinski definition) is 4. The molecule has 4 atom stereocenters. The predicted octanol–water partition coefficient (Wildman–Crippen LogP) is 4.49. The number of benzene rings is 1. The number of aliphatic hydroxyl groups excluding tert-OH is 1. The molecule has 0 radical (unpaired) electrons. The normalized spacial score (nSPS) is 30.4. The Labute approximate surface area is 182 Å². The van der Waals surface area contributed by atoms with Gasteiger partial charge in [-0.3, -0.25) is 0 Å². The first-order valence-electron chi connectivity index (χ1n) is 11.3. The molecule has 2 fully saturated rings. The van der Waals surface area contributed by atoms with Crippen molar-refractivity contribution in [3.8, 4) is 0 Å². The van der Waals surface area contributed by atoms with E-state index >= 15 is 0 Å². The molecule has 0 amide bonds. The summed E-state index contributed by atoms with van der Waals surface area (Å²) < 4.78 is 1.89. The van der Waals surface area contributed by atoms with Gasteiger partial charge in [-0.1, -0.05) is 32.9 Å². The van der Waals surface area contributed by atoms with E-state index in [0.717, 1.165) is 34.3 Å². The van der Waals surface area contributed by atoms with Crippen LogP contribution in [0.3, 0.4) is 0 Å². The summed E-state index contributed by atoms with van der Waals surface area (Å²) in [6.45, 7) is 6.51. The summed E-state index contributed by atoms with van der Waals surface area (Å²) >= 11 is 0. The van der Waals surface area contributed by atoms with Crippen LogP contribution >= 0.6 is 0 Å². The zero-order chi connectivity index (χ0) is 21.4. The van der Waals surface area contributed by atoms with Gasteiger partial charge in [0.25, 0.3) is 0 Å². The van der Waals surface area contributed by atoms with E-state index in [9.17, 15) is 5.11 Å². The highest BCUT2D eigenvalue weighted by atomic mass is 16.3. The highest BCUT2D eigenvalue weighted by Crippen LogP contribution is 2.61. The molecule has 162 valence electrons. The minimum Gasteiger partial charge on any atom is -0.373 e. The van der Waals surface area contributed by atoms with E-state index in [1.807, 2.05) is 42.6 Å². The molecule has 6 rings (SSSR count). The summed E-state index contributed by atoms with van der Waals surface area (Å²) in [4.78, 5) is 4.66. The molecule has 2 unspecified atom stereocenters. The molecule has 3 heterocycles. The molecule has 2 aliphatic carbocycles. The quantitative estimate of drug-likeness (QED) is 0.500. The molecule has 2 saturated carbocycles. The van der Waals surface area contributed by atoms with Crippen molar-refractivity contribution < 1.29 is 5.11 Å². The molecule has 3 aliphatic rings. The Balaban J connectivity index is 1.23. The lowest BCUT2D eigenvalue weighted by atomic mass is 9.85. The van der Waals surface area contributed by atoms with Crippen molar-refractivity contribution in [2.75, 3.05) is 16.0 Å². The minimum atomic E-state index is -0.590. The molecular formula is C24H30N6O. The summed E-state index contributed by atoms with van der Waals surface area (Å²) in [7, 11) is 0. The standard InChI is InChI=1S/C24H30N6O/c1-23(2)17-8-7-15(12-18(17)27-21(23)31)26-22-28-20-6-4-5-19(30(20)29-22)25-16-9-10-24(3)13-14(24)11-16/h4-8,12,14,16,21,25,27,31H,9-11,13H2,1-3H3,(H,26,29)/t14?,16-,21?,24-/m1/s1. The Morgan fingerprint density at radius 3 is 2.90 bits per heavy atom. The second kappa shape index (κ2) is 6.36. The number of rotatable bonds is 4. The molecule has 7 heteroatoms. The molecule has 4 N–H and O–H groups in total. The van der Waals surface area contributed by atoms with Gasteiger partial charge >= 0.3 is 0 Å². The van der Waals surface area contributed by atoms with Gasteiger partial charge in [0.2, 0.25) is 5.95 Å². The van der Waals surface area contributed by atoms with Crippen LogP contribution in [0.25, 0.3) is 5.65 Å². The molecule has 1 aromatic carbocycles. The smallest absolute Gasteiger partial charge is 0.247 e. The number of pyridine rings is 1. The molecule has 31 heavy (non-hydrogen) atoms. The van der Waals surface area contributed by atoms with E-state index in [1.54, 1.807) is 0 Å². The van der Waals surface area contributed by atoms with Gasteiger partial charge in [0.05, 0.1) is 0 Å². The largest absolute Gasteiger partial charge is 0.373 e. The molecule has 0 bridgehead atoms. The summed E-state index contributed by atoms with van der Waals surface area (Å²) in [5.74, 6) is 2.43. The van der Waals surface area contributed by atoms with Gasteiger partial charge in [-0.15, -0.1) is 5.10 Å². The average molecular weight is 419 g/mol. The van der Waals surface area contributed by atoms with Crippen LogP contribution in [-0.4, -0.2) is 32.0 Å². The number of nitrogens with zero attached hydrogens (tertiary/aromatic N) is 3. The fraction of sp³-hybridized carbons (Fsp3) is 0.500. The molecule has 0 saturated heterocycles. The molecule has 2 aromatic heterocycles. The SMILES string of the molecule is CC1(C)c2ccc(Nc3nc4cccc(N[C@@H]5CC[C@]6(C)CC6C5)n4n3)cc2NC1O. The number of anilines is 4. The number of fused-ring (bicyclic) bond motifs is 3. The lowest BCUT2D eigenvalue weighted by molar-refractivity contribution is 0.137. The van der Waals surface area contributed by atoms with Gasteiger partial charge in [-0.25, -0.2) is 0 Å². The Hall–Kier alpha value is -2.80. The number of nitrogens with one attached hydrogen (secondary N) is 3. The van der Waals surface area contributed by atoms with Crippen molar-refractivity contribution in [2.45, 2.75) is 64.1 Å². The van der Waals surface area contributed by atoms with E-state index in [4.69, 9.17) is 5.10 Å². The topological polar surface area (TPSA) is 86.5 Å². The van der Waals surface area contributed by atoms with Crippen LogP contribution in [0.1, 0.15) is 52.0 Å². The van der Waals surface area contributed by atoms with E-state index < -0.39 is 6.23 Å². The summed E-state index contributed by atoms with van der Waals surface area (Å²) in [5.41, 5.74) is 4.06. The Kier molecular flexibility index (Phi) is 3.88. The zero-order valence-corrected chi connectivity index (χ0v) is 18.3. The van der Waals surface area contributed by atoms with Gasteiger partial charge in [0.1, 0.15) is 12.0 Å². The molecular weight excluding hydrogens is 388 g/mol. The van der Waals surface area contributed by atoms with Gasteiger partial charge in [0.15, 0.2) is 5.65 Å². The first kappa shape index (κ1) is 18.9. The van der Waals surface area contributed by atoms with Crippen LogP contribution in [0.2, 0.25) is 0 Å². The van der Waals surface area contributed by atoms with Gasteiger partial charge in [0, 0.05) is 22.8 Å². The lowest BCUT2D eigenvalue weighted by Crippen LogP contribution is -2.32. The Bertz CT molecular complexity index is 1170. The predicted molar refractivity (Wildman–Crippen MR) is 123 cm³/mol. The third kappa shape index (κ3) is 3.05. The lowest BCUT2D eigenvalue weighted by Gasteiger charge is -2.27. The molecule has 7 nitrogen and oxygen atoms in total. The summed E-state index contributed by atoms with van der Waals surface area (Å²) in [5, 5.41) is 25.2. The van der Waals surface area contributed by atoms with Gasteiger partial charge < -0.3 is 21.1 Å².